The summed E-state index contributed by atoms with van der Waals surface area (Å²) in [6.45, 7) is 6.88. The summed E-state index contributed by atoms with van der Waals surface area (Å²) in [7, 11) is 0. The second-order valence-electron chi connectivity index (χ2n) is 7.67. The Morgan fingerprint density at radius 2 is 1.74 bits per heavy atom. The first-order chi connectivity index (χ1) is 10.8. The fourth-order valence-electron chi connectivity index (χ4n) is 3.36. The Labute approximate surface area is 139 Å². The van der Waals surface area contributed by atoms with Crippen LogP contribution in [0.15, 0.2) is 12.2 Å². The maximum absolute atomic E-state index is 12.1. The largest absolute Gasteiger partial charge is 0.444 e. The van der Waals surface area contributed by atoms with E-state index in [1.165, 1.54) is 0 Å². The molecule has 2 aliphatic carbocycles. The third-order valence-corrected chi connectivity index (χ3v) is 4.44. The van der Waals surface area contributed by atoms with Crippen molar-refractivity contribution >= 4 is 12.0 Å². The van der Waals surface area contributed by atoms with Gasteiger partial charge in [-0.2, -0.15) is 0 Å². The highest BCUT2D eigenvalue weighted by Crippen LogP contribution is 2.43. The Hall–Kier alpha value is -1.52. The van der Waals surface area contributed by atoms with Crippen LogP contribution in [0, 0.1) is 17.8 Å². The Kier molecular flexibility index (Phi) is 6.08. The first kappa shape index (κ1) is 17.8. The maximum atomic E-state index is 12.1. The van der Waals surface area contributed by atoms with Gasteiger partial charge in [0.1, 0.15) is 5.60 Å². The molecule has 5 heteroatoms. The molecule has 2 aliphatic rings. The van der Waals surface area contributed by atoms with Crippen LogP contribution >= 0.6 is 0 Å². The van der Waals surface area contributed by atoms with E-state index in [2.05, 4.69) is 22.8 Å². The van der Waals surface area contributed by atoms with E-state index >= 15 is 0 Å². The smallest absolute Gasteiger partial charge is 0.407 e. The fraction of sp³-hybridized carbons (Fsp3) is 0.778. The van der Waals surface area contributed by atoms with Crippen LogP contribution in [0.25, 0.3) is 0 Å². The maximum Gasteiger partial charge on any atom is 0.407 e. The fourth-order valence-corrected chi connectivity index (χ4v) is 3.36. The van der Waals surface area contributed by atoms with Gasteiger partial charge in [-0.05, 0) is 64.7 Å². The first-order valence-electron chi connectivity index (χ1n) is 8.78. The summed E-state index contributed by atoms with van der Waals surface area (Å²) in [6.07, 6.45) is 9.10. The van der Waals surface area contributed by atoms with E-state index in [4.69, 9.17) is 4.74 Å². The number of hydrogen-bond donors (Lipinski definition) is 2. The zero-order chi connectivity index (χ0) is 16.9. The summed E-state index contributed by atoms with van der Waals surface area (Å²) in [5.74, 6) is 1.51. The van der Waals surface area contributed by atoms with Crippen LogP contribution in [-0.4, -0.2) is 30.7 Å². The van der Waals surface area contributed by atoms with Crippen molar-refractivity contribution in [3.8, 4) is 0 Å². The highest BCUT2D eigenvalue weighted by atomic mass is 16.6. The number of carbonyl (C=O) groups excluding carboxylic acids is 2. The number of fused-ring (bicyclic) bond motifs is 2. The molecule has 5 nitrogen and oxygen atoms in total. The quantitative estimate of drug-likeness (QED) is 0.559. The lowest BCUT2D eigenvalue weighted by Crippen LogP contribution is -2.34. The van der Waals surface area contributed by atoms with Crippen LogP contribution < -0.4 is 10.6 Å². The molecule has 3 atom stereocenters. The molecule has 1 fully saturated rings. The molecule has 130 valence electrons. The molecule has 0 heterocycles. The van der Waals surface area contributed by atoms with Crippen molar-refractivity contribution in [1.82, 2.24) is 10.6 Å². The van der Waals surface area contributed by atoms with E-state index in [-0.39, 0.29) is 17.9 Å². The lowest BCUT2D eigenvalue weighted by molar-refractivity contribution is -0.125. The molecule has 2 N–H and O–H groups in total. The van der Waals surface area contributed by atoms with E-state index in [1.54, 1.807) is 0 Å². The zero-order valence-electron chi connectivity index (χ0n) is 14.6. The van der Waals surface area contributed by atoms with Gasteiger partial charge >= 0.3 is 6.09 Å². The summed E-state index contributed by atoms with van der Waals surface area (Å²) in [5.41, 5.74) is -0.455. The van der Waals surface area contributed by atoms with Gasteiger partial charge in [0, 0.05) is 19.0 Å². The number of rotatable bonds is 7. The van der Waals surface area contributed by atoms with Crippen molar-refractivity contribution in [2.75, 3.05) is 13.1 Å². The van der Waals surface area contributed by atoms with Crippen molar-refractivity contribution in [2.24, 2.45) is 17.8 Å². The average Bonchev–Trinajstić information content (AvgIpc) is 3.06. The van der Waals surface area contributed by atoms with Crippen molar-refractivity contribution in [3.63, 3.8) is 0 Å². The number of allylic oxidation sites excluding steroid dienone is 2. The SMILES string of the molecule is CC(C)(C)OC(=O)NCCCCCNC(=O)C1CC2C=CC1C2. The van der Waals surface area contributed by atoms with E-state index < -0.39 is 5.60 Å². The van der Waals surface area contributed by atoms with Crippen LogP contribution in [0.2, 0.25) is 0 Å². The molecule has 2 rings (SSSR count). The van der Waals surface area contributed by atoms with Gasteiger partial charge in [0.25, 0.3) is 0 Å². The summed E-state index contributed by atoms with van der Waals surface area (Å²) < 4.78 is 5.17. The van der Waals surface area contributed by atoms with Gasteiger partial charge in [-0.3, -0.25) is 4.79 Å². The minimum absolute atomic E-state index is 0.193. The number of unbranched alkanes of at least 4 members (excludes halogenated alkanes) is 2. The van der Waals surface area contributed by atoms with E-state index in [9.17, 15) is 9.59 Å². The minimum Gasteiger partial charge on any atom is -0.444 e. The molecule has 0 radical (unpaired) electrons. The summed E-state index contributed by atoms with van der Waals surface area (Å²) in [5, 5.41) is 5.80. The number of ether oxygens (including phenoxy) is 1. The molecule has 0 aromatic carbocycles. The molecule has 0 spiro atoms. The molecule has 0 aromatic rings. The summed E-state index contributed by atoms with van der Waals surface area (Å²) in [6, 6.07) is 0. The highest BCUT2D eigenvalue weighted by molar-refractivity contribution is 5.79. The first-order valence-corrected chi connectivity index (χ1v) is 8.78. The number of nitrogens with one attached hydrogen (secondary N) is 2. The number of hydrogen-bond acceptors (Lipinski definition) is 3. The van der Waals surface area contributed by atoms with Crippen molar-refractivity contribution in [1.29, 1.82) is 0 Å². The monoisotopic (exact) mass is 322 g/mol. The molecule has 3 unspecified atom stereocenters. The van der Waals surface area contributed by atoms with E-state index in [1.807, 2.05) is 20.8 Å². The molecule has 0 aliphatic heterocycles. The second kappa shape index (κ2) is 7.84. The van der Waals surface area contributed by atoms with Gasteiger partial charge in [0.15, 0.2) is 0 Å². The van der Waals surface area contributed by atoms with Crippen molar-refractivity contribution in [2.45, 2.75) is 58.5 Å². The molecule has 0 aromatic heterocycles. The normalized spacial score (nSPS) is 25.4. The minimum atomic E-state index is -0.455. The summed E-state index contributed by atoms with van der Waals surface area (Å²) in [4.78, 5) is 23.6. The third-order valence-electron chi connectivity index (χ3n) is 4.44. The molecule has 2 amide bonds. The van der Waals surface area contributed by atoms with Gasteiger partial charge in [-0.15, -0.1) is 0 Å². The third kappa shape index (κ3) is 5.88. The lowest BCUT2D eigenvalue weighted by Gasteiger charge is -2.19. The molecular formula is C18H30N2O3. The molecule has 23 heavy (non-hydrogen) atoms. The molecule has 0 saturated heterocycles. The Morgan fingerprint density at radius 3 is 2.30 bits per heavy atom. The number of alkyl carbamates (subject to hydrolysis) is 1. The van der Waals surface area contributed by atoms with Crippen LogP contribution in [0.5, 0.6) is 0 Å². The average molecular weight is 322 g/mol. The predicted octanol–water partition coefficient (Wildman–Crippen LogP) is 3.01. The van der Waals surface area contributed by atoms with Crippen LogP contribution in [0.1, 0.15) is 52.9 Å². The van der Waals surface area contributed by atoms with Crippen LogP contribution in [-0.2, 0) is 9.53 Å². The zero-order valence-corrected chi connectivity index (χ0v) is 14.6. The Balaban J connectivity index is 1.46. The van der Waals surface area contributed by atoms with Crippen molar-refractivity contribution in [3.05, 3.63) is 12.2 Å². The van der Waals surface area contributed by atoms with Gasteiger partial charge in [0.2, 0.25) is 5.91 Å². The number of amides is 2. The summed E-state index contributed by atoms with van der Waals surface area (Å²) >= 11 is 0. The van der Waals surface area contributed by atoms with E-state index in [0.717, 1.165) is 38.6 Å². The van der Waals surface area contributed by atoms with Crippen molar-refractivity contribution < 1.29 is 14.3 Å². The van der Waals surface area contributed by atoms with Crippen LogP contribution in [0.3, 0.4) is 0 Å². The number of carbonyl (C=O) groups is 2. The Bertz CT molecular complexity index is 454. The van der Waals surface area contributed by atoms with Gasteiger partial charge in [0.05, 0.1) is 0 Å². The van der Waals surface area contributed by atoms with Gasteiger partial charge in [-0.25, -0.2) is 4.79 Å². The lowest BCUT2D eigenvalue weighted by atomic mass is 9.93. The molecule has 1 saturated carbocycles. The second-order valence-corrected chi connectivity index (χ2v) is 7.67. The molecular weight excluding hydrogens is 292 g/mol. The van der Waals surface area contributed by atoms with Gasteiger partial charge < -0.3 is 15.4 Å². The molecule has 2 bridgehead atoms. The predicted molar refractivity (Wildman–Crippen MR) is 89.9 cm³/mol. The van der Waals surface area contributed by atoms with Crippen LogP contribution in [0.4, 0.5) is 4.79 Å². The topological polar surface area (TPSA) is 67.4 Å². The highest BCUT2D eigenvalue weighted by Gasteiger charge is 2.39. The van der Waals surface area contributed by atoms with E-state index in [0.29, 0.717) is 18.4 Å². The van der Waals surface area contributed by atoms with Gasteiger partial charge in [-0.1, -0.05) is 12.2 Å². The standard InChI is InChI=1S/C18H30N2O3/c1-18(2,3)23-17(22)20-10-6-4-5-9-19-16(21)15-12-13-7-8-14(15)11-13/h7-8,13-15H,4-6,9-12H2,1-3H3,(H,19,21)(H,20,22). The Morgan fingerprint density at radius 1 is 1.04 bits per heavy atom.